The van der Waals surface area contributed by atoms with E-state index in [2.05, 4.69) is 10.8 Å². The van der Waals surface area contributed by atoms with E-state index >= 15 is 0 Å². The lowest BCUT2D eigenvalue weighted by atomic mass is 10.1. The van der Waals surface area contributed by atoms with E-state index in [1.807, 2.05) is 0 Å². The summed E-state index contributed by atoms with van der Waals surface area (Å²) in [6.07, 6.45) is -0.0144. The zero-order valence-corrected chi connectivity index (χ0v) is 15.1. The summed E-state index contributed by atoms with van der Waals surface area (Å²) in [5.74, 6) is -3.96. The minimum atomic E-state index is -1.31. The second-order valence-electron chi connectivity index (χ2n) is 6.13. The molecule has 1 aliphatic heterocycles. The Morgan fingerprint density at radius 3 is 2.61 bits per heavy atom. The lowest BCUT2D eigenvalue weighted by Gasteiger charge is -2.15. The molecule has 28 heavy (non-hydrogen) atoms. The van der Waals surface area contributed by atoms with Crippen LogP contribution in [-0.4, -0.2) is 32.0 Å². The molecule has 2 aromatic carbocycles. The lowest BCUT2D eigenvalue weighted by molar-refractivity contribution is -0.0697. The largest absolute Gasteiger partial charge is 0.350 e. The Morgan fingerprint density at radius 1 is 1.14 bits per heavy atom. The van der Waals surface area contributed by atoms with Crippen molar-refractivity contribution in [1.29, 1.82) is 0 Å². The smallest absolute Gasteiger partial charge is 0.277 e. The van der Waals surface area contributed by atoms with Crippen LogP contribution in [-0.2, 0) is 14.3 Å². The van der Waals surface area contributed by atoms with E-state index < -0.39 is 35.3 Å². The first-order chi connectivity index (χ1) is 13.5. The van der Waals surface area contributed by atoms with Crippen LogP contribution in [0.5, 0.6) is 0 Å². The number of hydrogen-bond acceptors (Lipinski definition) is 5. The first kappa shape index (κ1) is 20.1. The monoisotopic (exact) mass is 396 g/mol. The van der Waals surface area contributed by atoms with Crippen LogP contribution in [0.1, 0.15) is 22.3 Å². The van der Waals surface area contributed by atoms with Crippen molar-refractivity contribution in [3.8, 4) is 0 Å². The molecule has 1 heterocycles. The van der Waals surface area contributed by atoms with Gasteiger partial charge in [-0.1, -0.05) is 6.07 Å². The van der Waals surface area contributed by atoms with E-state index in [-0.39, 0.29) is 17.9 Å². The van der Waals surface area contributed by atoms with Gasteiger partial charge in [0.15, 0.2) is 17.9 Å². The number of carbonyl (C=O) groups excluding carboxylic acids is 1. The number of benzene rings is 2. The fourth-order valence-corrected chi connectivity index (χ4v) is 2.62. The first-order valence-electron chi connectivity index (χ1n) is 8.62. The number of hydrogen-bond donors (Lipinski definition) is 2. The van der Waals surface area contributed by atoms with Gasteiger partial charge < -0.3 is 14.8 Å². The predicted octanol–water partition coefficient (Wildman–Crippen LogP) is 3.58. The number of halogens is 3. The molecule has 0 aromatic heterocycles. The van der Waals surface area contributed by atoms with Gasteiger partial charge in [-0.15, -0.1) is 0 Å². The number of carbonyl (C=O) groups is 1. The Bertz CT molecular complexity index is 857. The summed E-state index contributed by atoms with van der Waals surface area (Å²) in [7, 11) is 0. The highest BCUT2D eigenvalue weighted by Gasteiger charge is 2.21. The van der Waals surface area contributed by atoms with Crippen LogP contribution < -0.4 is 10.8 Å². The van der Waals surface area contributed by atoms with E-state index in [1.54, 1.807) is 13.0 Å². The molecule has 150 valence electrons. The van der Waals surface area contributed by atoms with Crippen LogP contribution in [0.2, 0.25) is 0 Å². The molecule has 9 heteroatoms. The van der Waals surface area contributed by atoms with Crippen molar-refractivity contribution >= 4 is 17.3 Å². The quantitative estimate of drug-likeness (QED) is 0.553. The highest BCUT2D eigenvalue weighted by molar-refractivity contribution is 5.99. The summed E-state index contributed by atoms with van der Waals surface area (Å²) in [6, 6.07) is 6.08. The summed E-state index contributed by atoms with van der Waals surface area (Å²) in [4.78, 5) is 17.4. The van der Waals surface area contributed by atoms with Gasteiger partial charge in [0.2, 0.25) is 0 Å². The highest BCUT2D eigenvalue weighted by atomic mass is 19.2. The van der Waals surface area contributed by atoms with Crippen molar-refractivity contribution in [2.75, 3.05) is 25.1 Å². The number of anilines is 2. The van der Waals surface area contributed by atoms with Gasteiger partial charge in [0, 0.05) is 6.42 Å². The Hall–Kier alpha value is -2.62. The molecular formula is C19H19F3N2O4. The Morgan fingerprint density at radius 2 is 1.89 bits per heavy atom. The molecule has 0 atom stereocenters. The van der Waals surface area contributed by atoms with Crippen molar-refractivity contribution in [2.45, 2.75) is 19.6 Å². The van der Waals surface area contributed by atoms with E-state index in [4.69, 9.17) is 14.3 Å². The highest BCUT2D eigenvalue weighted by Crippen LogP contribution is 2.28. The maximum Gasteiger partial charge on any atom is 0.277 e. The summed E-state index contributed by atoms with van der Waals surface area (Å²) in [5, 5.41) is 2.45. The van der Waals surface area contributed by atoms with E-state index in [0.717, 1.165) is 12.1 Å². The number of amides is 1. The molecule has 1 amide bonds. The van der Waals surface area contributed by atoms with Crippen LogP contribution >= 0.6 is 0 Å². The summed E-state index contributed by atoms with van der Waals surface area (Å²) < 4.78 is 52.5. The molecule has 0 bridgehead atoms. The lowest BCUT2D eigenvalue weighted by Crippen LogP contribution is -2.26. The number of nitrogens with one attached hydrogen (secondary N) is 2. The SMILES string of the molecule is Cc1ccc(Nc2c(C(=O)NOCCC3OCCO3)ccc(F)c2F)c(F)c1. The molecule has 0 unspecified atom stereocenters. The van der Waals surface area contributed by atoms with Gasteiger partial charge in [-0.05, 0) is 36.8 Å². The van der Waals surface area contributed by atoms with Crippen LogP contribution in [0, 0.1) is 24.4 Å². The minimum absolute atomic E-state index is 0.0927. The normalized spacial score (nSPS) is 14.3. The van der Waals surface area contributed by atoms with Gasteiger partial charge in [0.1, 0.15) is 5.82 Å². The minimum Gasteiger partial charge on any atom is -0.350 e. The van der Waals surface area contributed by atoms with Crippen LogP contribution in [0.25, 0.3) is 0 Å². The Balaban J connectivity index is 1.71. The zero-order chi connectivity index (χ0) is 20.1. The molecule has 0 saturated carbocycles. The third-order valence-corrected chi connectivity index (χ3v) is 4.04. The molecule has 1 aliphatic rings. The van der Waals surface area contributed by atoms with Crippen molar-refractivity contribution in [3.05, 3.63) is 58.9 Å². The van der Waals surface area contributed by atoms with Crippen molar-refractivity contribution in [2.24, 2.45) is 0 Å². The fourth-order valence-electron chi connectivity index (χ4n) is 2.62. The van der Waals surface area contributed by atoms with Crippen LogP contribution in [0.3, 0.4) is 0 Å². The van der Waals surface area contributed by atoms with Gasteiger partial charge in [0.25, 0.3) is 5.91 Å². The molecule has 0 aliphatic carbocycles. The number of ether oxygens (including phenoxy) is 2. The van der Waals surface area contributed by atoms with E-state index in [1.165, 1.54) is 12.1 Å². The summed E-state index contributed by atoms with van der Waals surface area (Å²) >= 11 is 0. The molecule has 1 saturated heterocycles. The van der Waals surface area contributed by atoms with Crippen molar-refractivity contribution in [1.82, 2.24) is 5.48 Å². The van der Waals surface area contributed by atoms with Crippen LogP contribution in [0.15, 0.2) is 30.3 Å². The Labute approximate surface area is 159 Å². The molecule has 0 spiro atoms. The molecule has 1 fully saturated rings. The average Bonchev–Trinajstić information content (AvgIpc) is 3.18. The zero-order valence-electron chi connectivity index (χ0n) is 15.1. The summed E-state index contributed by atoms with van der Waals surface area (Å²) in [6.45, 7) is 2.77. The Kier molecular flexibility index (Phi) is 6.50. The van der Waals surface area contributed by atoms with Crippen LogP contribution in [0.4, 0.5) is 24.5 Å². The molecule has 2 aromatic rings. The number of hydroxylamine groups is 1. The number of rotatable bonds is 7. The maximum absolute atomic E-state index is 14.3. The van der Waals surface area contributed by atoms with E-state index in [9.17, 15) is 18.0 Å². The first-order valence-corrected chi connectivity index (χ1v) is 8.62. The average molecular weight is 396 g/mol. The fraction of sp³-hybridized carbons (Fsp3) is 0.316. The molecule has 0 radical (unpaired) electrons. The van der Waals surface area contributed by atoms with Crippen molar-refractivity contribution in [3.63, 3.8) is 0 Å². The summed E-state index contributed by atoms with van der Waals surface area (Å²) in [5.41, 5.74) is 1.97. The van der Waals surface area contributed by atoms with Crippen molar-refractivity contribution < 1.29 is 32.3 Å². The standard InChI is InChI=1S/C19H19F3N2O4/c1-11-2-5-15(14(21)10-11)23-18-12(3-4-13(20)17(18)22)19(25)24-28-7-6-16-26-8-9-27-16/h2-5,10,16,23H,6-9H2,1H3,(H,24,25). The predicted molar refractivity (Wildman–Crippen MR) is 94.5 cm³/mol. The van der Waals surface area contributed by atoms with Gasteiger partial charge >= 0.3 is 0 Å². The third-order valence-electron chi connectivity index (χ3n) is 4.04. The van der Waals surface area contributed by atoms with Gasteiger partial charge in [-0.3, -0.25) is 9.63 Å². The van der Waals surface area contributed by atoms with Gasteiger partial charge in [0.05, 0.1) is 36.8 Å². The topological polar surface area (TPSA) is 68.8 Å². The second kappa shape index (κ2) is 9.05. The molecule has 3 rings (SSSR count). The maximum atomic E-state index is 14.3. The number of aryl methyl sites for hydroxylation is 1. The second-order valence-corrected chi connectivity index (χ2v) is 6.13. The third kappa shape index (κ3) is 4.80. The molecular weight excluding hydrogens is 377 g/mol. The molecule has 2 N–H and O–H groups in total. The van der Waals surface area contributed by atoms with Gasteiger partial charge in [-0.25, -0.2) is 18.7 Å². The molecule has 6 nitrogen and oxygen atoms in total. The van der Waals surface area contributed by atoms with E-state index in [0.29, 0.717) is 25.2 Å². The van der Waals surface area contributed by atoms with Gasteiger partial charge in [-0.2, -0.15) is 0 Å².